The average molecular weight is 429 g/mol. The molecule has 0 unspecified atom stereocenters. The maximum Gasteiger partial charge on any atom is 0.249 e. The lowest BCUT2D eigenvalue weighted by molar-refractivity contribution is -0.128. The van der Waals surface area contributed by atoms with E-state index >= 15 is 0 Å². The van der Waals surface area contributed by atoms with Gasteiger partial charge in [0.25, 0.3) is 0 Å². The molecule has 0 saturated carbocycles. The normalized spacial score (nSPS) is 20.8. The predicted molar refractivity (Wildman–Crippen MR) is 108 cm³/mol. The SMILES string of the molecule is NC(=O)c1ccc2c(c1)CN(C(=O)C1=CC[C@H](c3cc(F)c(F)cc3F)[C@@H](N)C1)CC2. The summed E-state index contributed by atoms with van der Waals surface area (Å²) in [4.78, 5) is 26.2. The van der Waals surface area contributed by atoms with E-state index in [1.807, 2.05) is 6.07 Å². The summed E-state index contributed by atoms with van der Waals surface area (Å²) in [7, 11) is 0. The summed E-state index contributed by atoms with van der Waals surface area (Å²) in [5.74, 6) is -4.47. The van der Waals surface area contributed by atoms with E-state index in [0.29, 0.717) is 36.7 Å². The minimum absolute atomic E-state index is 0.0139. The summed E-state index contributed by atoms with van der Waals surface area (Å²) < 4.78 is 41.0. The molecule has 5 nitrogen and oxygen atoms in total. The van der Waals surface area contributed by atoms with Crippen LogP contribution in [0.1, 0.15) is 45.8 Å². The van der Waals surface area contributed by atoms with Crippen LogP contribution in [0.5, 0.6) is 0 Å². The van der Waals surface area contributed by atoms with Crippen molar-refractivity contribution >= 4 is 11.8 Å². The third-order valence-electron chi connectivity index (χ3n) is 6.09. The first-order valence-electron chi connectivity index (χ1n) is 10.0. The summed E-state index contributed by atoms with van der Waals surface area (Å²) >= 11 is 0. The Morgan fingerprint density at radius 3 is 2.45 bits per heavy atom. The first-order valence-corrected chi connectivity index (χ1v) is 10.0. The molecule has 2 aromatic carbocycles. The maximum absolute atomic E-state index is 14.2. The lowest BCUT2D eigenvalue weighted by atomic mass is 9.80. The number of hydrogen-bond acceptors (Lipinski definition) is 3. The molecule has 0 aromatic heterocycles. The Bertz CT molecular complexity index is 1100. The number of nitrogens with two attached hydrogens (primary N) is 2. The molecule has 2 aliphatic rings. The van der Waals surface area contributed by atoms with Gasteiger partial charge >= 0.3 is 0 Å². The Balaban J connectivity index is 1.51. The van der Waals surface area contributed by atoms with E-state index in [2.05, 4.69) is 0 Å². The zero-order valence-corrected chi connectivity index (χ0v) is 16.7. The number of fused-ring (bicyclic) bond motifs is 1. The Labute approximate surface area is 177 Å². The molecule has 0 bridgehead atoms. The molecule has 31 heavy (non-hydrogen) atoms. The van der Waals surface area contributed by atoms with Crippen LogP contribution in [0.25, 0.3) is 0 Å². The zero-order chi connectivity index (χ0) is 22.3. The summed E-state index contributed by atoms with van der Waals surface area (Å²) in [5, 5.41) is 0. The fourth-order valence-electron chi connectivity index (χ4n) is 4.36. The zero-order valence-electron chi connectivity index (χ0n) is 16.7. The Hall–Kier alpha value is -3.13. The number of primary amides is 1. The minimum Gasteiger partial charge on any atom is -0.366 e. The molecule has 1 aliphatic carbocycles. The number of carbonyl (C=O) groups is 2. The van der Waals surface area contributed by atoms with Crippen LogP contribution in [0.3, 0.4) is 0 Å². The fraction of sp³-hybridized carbons (Fsp3) is 0.304. The second-order valence-electron chi connectivity index (χ2n) is 8.05. The summed E-state index contributed by atoms with van der Waals surface area (Å²) in [5.41, 5.74) is 14.4. The molecule has 0 fully saturated rings. The third-order valence-corrected chi connectivity index (χ3v) is 6.09. The number of hydrogen-bond donors (Lipinski definition) is 2. The number of halogens is 3. The van der Waals surface area contributed by atoms with Gasteiger partial charge in [-0.2, -0.15) is 0 Å². The molecule has 2 aromatic rings. The highest BCUT2D eigenvalue weighted by Crippen LogP contribution is 2.35. The van der Waals surface area contributed by atoms with E-state index in [1.165, 1.54) is 0 Å². The molecule has 162 valence electrons. The highest BCUT2D eigenvalue weighted by Gasteiger charge is 2.32. The molecule has 0 spiro atoms. The Morgan fingerprint density at radius 2 is 1.74 bits per heavy atom. The van der Waals surface area contributed by atoms with Gasteiger partial charge < -0.3 is 16.4 Å². The van der Waals surface area contributed by atoms with Crippen molar-refractivity contribution < 1.29 is 22.8 Å². The van der Waals surface area contributed by atoms with Crippen LogP contribution in [0, 0.1) is 17.5 Å². The summed E-state index contributed by atoms with van der Waals surface area (Å²) in [6.45, 7) is 0.874. The van der Waals surface area contributed by atoms with E-state index < -0.39 is 35.3 Å². The number of allylic oxidation sites excluding steroid dienone is 1. The quantitative estimate of drug-likeness (QED) is 0.736. The molecule has 2 amide bonds. The van der Waals surface area contributed by atoms with Gasteiger partial charge in [0.1, 0.15) is 5.82 Å². The van der Waals surface area contributed by atoms with E-state index in [0.717, 1.165) is 17.2 Å². The minimum atomic E-state index is -1.25. The first kappa shape index (κ1) is 21.1. The molecular formula is C23H22F3N3O2. The Kier molecular flexibility index (Phi) is 5.58. The molecule has 0 saturated heterocycles. The number of amides is 2. The van der Waals surface area contributed by atoms with E-state index in [4.69, 9.17) is 11.5 Å². The average Bonchev–Trinajstić information content (AvgIpc) is 2.75. The van der Waals surface area contributed by atoms with E-state index in [-0.39, 0.29) is 24.3 Å². The molecule has 0 radical (unpaired) electrons. The van der Waals surface area contributed by atoms with Gasteiger partial charge in [-0.1, -0.05) is 12.1 Å². The van der Waals surface area contributed by atoms with Gasteiger partial charge in [-0.25, -0.2) is 13.2 Å². The van der Waals surface area contributed by atoms with Gasteiger partial charge in [0.05, 0.1) is 0 Å². The predicted octanol–water partition coefficient (Wildman–Crippen LogP) is 2.92. The van der Waals surface area contributed by atoms with E-state index in [1.54, 1.807) is 23.1 Å². The van der Waals surface area contributed by atoms with Gasteiger partial charge in [0, 0.05) is 42.3 Å². The molecule has 1 aliphatic heterocycles. The highest BCUT2D eigenvalue weighted by molar-refractivity contribution is 5.94. The van der Waals surface area contributed by atoms with Crippen molar-refractivity contribution in [2.45, 2.75) is 37.8 Å². The largest absolute Gasteiger partial charge is 0.366 e. The van der Waals surface area contributed by atoms with E-state index in [9.17, 15) is 22.8 Å². The molecule has 4 rings (SSSR count). The van der Waals surface area contributed by atoms with Crippen molar-refractivity contribution in [1.82, 2.24) is 4.90 Å². The second kappa shape index (κ2) is 8.19. The van der Waals surface area contributed by atoms with Crippen molar-refractivity contribution in [1.29, 1.82) is 0 Å². The number of rotatable bonds is 3. The van der Waals surface area contributed by atoms with Crippen molar-refractivity contribution in [3.05, 3.63) is 81.7 Å². The van der Waals surface area contributed by atoms with Crippen LogP contribution in [-0.2, 0) is 17.8 Å². The van der Waals surface area contributed by atoms with Gasteiger partial charge in [-0.3, -0.25) is 9.59 Å². The van der Waals surface area contributed by atoms with Crippen LogP contribution < -0.4 is 11.5 Å². The molecular weight excluding hydrogens is 407 g/mol. The third kappa shape index (κ3) is 4.07. The molecule has 8 heteroatoms. The number of benzene rings is 2. The monoisotopic (exact) mass is 429 g/mol. The lowest BCUT2D eigenvalue weighted by Gasteiger charge is -2.33. The molecule has 1 heterocycles. The van der Waals surface area contributed by atoms with Crippen LogP contribution in [0.4, 0.5) is 13.2 Å². The smallest absolute Gasteiger partial charge is 0.249 e. The van der Waals surface area contributed by atoms with Crippen LogP contribution in [0.15, 0.2) is 42.0 Å². The fourth-order valence-corrected chi connectivity index (χ4v) is 4.36. The first-order chi connectivity index (χ1) is 14.7. The lowest BCUT2D eigenvalue weighted by Crippen LogP contribution is -2.40. The van der Waals surface area contributed by atoms with Gasteiger partial charge in [-0.05, 0) is 54.2 Å². The summed E-state index contributed by atoms with van der Waals surface area (Å²) in [6, 6.07) is 6.00. The van der Waals surface area contributed by atoms with Crippen LogP contribution in [0.2, 0.25) is 0 Å². The maximum atomic E-state index is 14.2. The van der Waals surface area contributed by atoms with Crippen molar-refractivity contribution in [2.24, 2.45) is 11.5 Å². The van der Waals surface area contributed by atoms with Gasteiger partial charge in [0.15, 0.2) is 11.6 Å². The highest BCUT2D eigenvalue weighted by atomic mass is 19.2. The summed E-state index contributed by atoms with van der Waals surface area (Å²) in [6.07, 6.45) is 2.81. The second-order valence-corrected chi connectivity index (χ2v) is 8.05. The Morgan fingerprint density at radius 1 is 1.00 bits per heavy atom. The van der Waals surface area contributed by atoms with Gasteiger partial charge in [-0.15, -0.1) is 0 Å². The van der Waals surface area contributed by atoms with Crippen molar-refractivity contribution in [2.75, 3.05) is 6.54 Å². The number of nitrogens with zero attached hydrogens (tertiary/aromatic N) is 1. The number of carbonyl (C=O) groups excluding carboxylic acids is 2. The molecule has 4 N–H and O–H groups in total. The van der Waals surface area contributed by atoms with Crippen molar-refractivity contribution in [3.63, 3.8) is 0 Å². The standard InChI is InChI=1S/C23H22F3N3O2/c24-18-10-20(26)19(25)9-17(18)16-4-3-14(8-21(16)27)23(31)29-6-5-12-1-2-13(22(28)30)7-15(12)11-29/h1-3,7,9-10,16,21H,4-6,8,11,27H2,(H2,28,30)/t16-,21+/m1/s1. The van der Waals surface area contributed by atoms with Crippen LogP contribution >= 0.6 is 0 Å². The van der Waals surface area contributed by atoms with Crippen LogP contribution in [-0.4, -0.2) is 29.3 Å². The molecule has 2 atom stereocenters. The van der Waals surface area contributed by atoms with Gasteiger partial charge in [0.2, 0.25) is 11.8 Å². The van der Waals surface area contributed by atoms with Crippen molar-refractivity contribution in [3.8, 4) is 0 Å². The topological polar surface area (TPSA) is 89.4 Å².